The molecule has 1 saturated heterocycles. The fourth-order valence-corrected chi connectivity index (χ4v) is 3.09. The summed E-state index contributed by atoms with van der Waals surface area (Å²) in [6.07, 6.45) is 4.12. The Hall–Kier alpha value is -3.48. The molecule has 31 heavy (non-hydrogen) atoms. The van der Waals surface area contributed by atoms with Gasteiger partial charge in [0.05, 0.1) is 18.9 Å². The Labute approximate surface area is 177 Å². The van der Waals surface area contributed by atoms with E-state index in [2.05, 4.69) is 31.2 Å². The lowest BCUT2D eigenvalue weighted by atomic mass is 10.1. The quantitative estimate of drug-likeness (QED) is 0.180. The summed E-state index contributed by atoms with van der Waals surface area (Å²) in [4.78, 5) is 65.9. The van der Waals surface area contributed by atoms with Crippen molar-refractivity contribution >= 4 is 29.6 Å². The van der Waals surface area contributed by atoms with Crippen LogP contribution in [0.5, 0.6) is 0 Å². The number of nitrogens with one attached hydrogen (secondary N) is 5. The molecular formula is C18H27N7O6. The van der Waals surface area contributed by atoms with Gasteiger partial charge in [-0.1, -0.05) is 0 Å². The highest BCUT2D eigenvalue weighted by atomic mass is 16.4. The van der Waals surface area contributed by atoms with Gasteiger partial charge in [-0.25, -0.2) is 9.78 Å². The summed E-state index contributed by atoms with van der Waals surface area (Å²) in [5, 5.41) is 19.5. The largest absolute Gasteiger partial charge is 0.480 e. The molecule has 1 aromatic heterocycles. The van der Waals surface area contributed by atoms with Crippen LogP contribution < -0.4 is 27.0 Å². The second-order valence-corrected chi connectivity index (χ2v) is 7.17. The van der Waals surface area contributed by atoms with Crippen molar-refractivity contribution in [3.05, 3.63) is 18.2 Å². The van der Waals surface area contributed by atoms with Crippen LogP contribution in [-0.4, -0.2) is 75.9 Å². The van der Waals surface area contributed by atoms with Gasteiger partial charge in [0.2, 0.25) is 23.6 Å². The number of carboxylic acid groups (broad SMARTS) is 1. The third kappa shape index (κ3) is 8.04. The number of amides is 4. The second-order valence-electron chi connectivity index (χ2n) is 7.17. The Morgan fingerprint density at radius 2 is 2.00 bits per heavy atom. The zero-order valence-corrected chi connectivity index (χ0v) is 16.8. The van der Waals surface area contributed by atoms with Gasteiger partial charge in [0.25, 0.3) is 0 Å². The van der Waals surface area contributed by atoms with E-state index in [1.165, 1.54) is 12.5 Å². The van der Waals surface area contributed by atoms with E-state index in [9.17, 15) is 29.1 Å². The van der Waals surface area contributed by atoms with Crippen LogP contribution in [0.3, 0.4) is 0 Å². The average molecular weight is 437 g/mol. The highest BCUT2D eigenvalue weighted by Gasteiger charge is 2.28. The molecule has 0 bridgehead atoms. The Morgan fingerprint density at radius 3 is 2.58 bits per heavy atom. The molecule has 0 aliphatic carbocycles. The molecule has 1 fully saturated rings. The van der Waals surface area contributed by atoms with Crippen LogP contribution in [0.2, 0.25) is 0 Å². The van der Waals surface area contributed by atoms with Crippen molar-refractivity contribution in [1.29, 1.82) is 0 Å². The van der Waals surface area contributed by atoms with Gasteiger partial charge in [0, 0.05) is 24.7 Å². The minimum atomic E-state index is -1.25. The Balaban J connectivity index is 1.88. The second kappa shape index (κ2) is 11.6. The molecule has 170 valence electrons. The van der Waals surface area contributed by atoms with Crippen LogP contribution >= 0.6 is 0 Å². The number of carboxylic acids is 1. The summed E-state index contributed by atoms with van der Waals surface area (Å²) in [6.45, 7) is 0.190. The van der Waals surface area contributed by atoms with E-state index in [4.69, 9.17) is 5.73 Å². The SMILES string of the molecule is NC(=O)CCC(NC(=O)C1CCCN1)C(=O)NCC(=O)NC(Cc1cnc[nH]1)C(=O)O. The predicted molar refractivity (Wildman–Crippen MR) is 106 cm³/mol. The molecule has 3 atom stereocenters. The highest BCUT2D eigenvalue weighted by molar-refractivity contribution is 5.93. The van der Waals surface area contributed by atoms with Crippen molar-refractivity contribution in [2.75, 3.05) is 13.1 Å². The van der Waals surface area contributed by atoms with Crippen molar-refractivity contribution in [3.63, 3.8) is 0 Å². The molecular weight excluding hydrogens is 410 g/mol. The zero-order valence-electron chi connectivity index (χ0n) is 16.8. The maximum atomic E-state index is 12.5. The zero-order chi connectivity index (χ0) is 22.8. The number of aliphatic carboxylic acids is 1. The number of aromatic nitrogens is 2. The van der Waals surface area contributed by atoms with Gasteiger partial charge in [0.1, 0.15) is 12.1 Å². The Bertz CT molecular complexity index is 791. The van der Waals surface area contributed by atoms with Gasteiger partial charge >= 0.3 is 5.97 Å². The number of nitrogens with two attached hydrogens (primary N) is 1. The van der Waals surface area contributed by atoms with E-state index < -0.39 is 48.4 Å². The summed E-state index contributed by atoms with van der Waals surface area (Å²) in [5.74, 6) is -3.66. The molecule has 4 amide bonds. The number of aromatic amines is 1. The standard InChI is InChI=1S/C18H27N7O6/c19-14(26)4-3-12(25-17(29)11-2-1-5-21-11)16(28)22-8-15(27)24-13(18(30)31)6-10-7-20-9-23-10/h7,9,11-13,21H,1-6,8H2,(H2,19,26)(H,20,23)(H,22,28)(H,24,27)(H,25,29)(H,30,31). The maximum Gasteiger partial charge on any atom is 0.326 e. The molecule has 1 aromatic rings. The lowest BCUT2D eigenvalue weighted by Gasteiger charge is -2.20. The molecule has 2 rings (SSSR count). The molecule has 8 N–H and O–H groups in total. The maximum absolute atomic E-state index is 12.5. The first-order valence-corrected chi connectivity index (χ1v) is 9.85. The fraction of sp³-hybridized carbons (Fsp3) is 0.556. The summed E-state index contributed by atoms with van der Waals surface area (Å²) >= 11 is 0. The third-order valence-electron chi connectivity index (χ3n) is 4.72. The number of H-pyrrole nitrogens is 1. The molecule has 0 saturated carbocycles. The van der Waals surface area contributed by atoms with E-state index >= 15 is 0 Å². The first-order valence-electron chi connectivity index (χ1n) is 9.85. The molecule has 0 radical (unpaired) electrons. The van der Waals surface area contributed by atoms with Gasteiger partial charge in [-0.05, 0) is 25.8 Å². The fourth-order valence-electron chi connectivity index (χ4n) is 3.09. The van der Waals surface area contributed by atoms with Gasteiger partial charge in [-0.15, -0.1) is 0 Å². The summed E-state index contributed by atoms with van der Waals surface area (Å²) in [6, 6.07) is -2.70. The number of primary amides is 1. The lowest BCUT2D eigenvalue weighted by molar-refractivity contribution is -0.141. The number of imidazole rings is 1. The minimum absolute atomic E-state index is 0.0132. The summed E-state index contributed by atoms with van der Waals surface area (Å²) in [5.41, 5.74) is 5.65. The van der Waals surface area contributed by atoms with E-state index in [-0.39, 0.29) is 25.2 Å². The topological polar surface area (TPSA) is 208 Å². The molecule has 2 heterocycles. The van der Waals surface area contributed by atoms with Gasteiger partial charge < -0.3 is 37.1 Å². The Morgan fingerprint density at radius 1 is 1.23 bits per heavy atom. The number of nitrogens with zero attached hydrogens (tertiary/aromatic N) is 1. The predicted octanol–water partition coefficient (Wildman–Crippen LogP) is -2.86. The molecule has 1 aliphatic heterocycles. The van der Waals surface area contributed by atoms with Crippen molar-refractivity contribution in [3.8, 4) is 0 Å². The van der Waals surface area contributed by atoms with Gasteiger partial charge in [-0.2, -0.15) is 0 Å². The van der Waals surface area contributed by atoms with E-state index in [1.807, 2.05) is 0 Å². The first-order chi connectivity index (χ1) is 14.8. The molecule has 1 aliphatic rings. The van der Waals surface area contributed by atoms with E-state index in [0.29, 0.717) is 18.7 Å². The normalized spacial score (nSPS) is 17.4. The lowest BCUT2D eigenvalue weighted by Crippen LogP contribution is -2.53. The number of carbonyl (C=O) groups is 5. The van der Waals surface area contributed by atoms with Gasteiger partial charge in [0.15, 0.2) is 0 Å². The number of carbonyl (C=O) groups excluding carboxylic acids is 4. The van der Waals surface area contributed by atoms with Crippen LogP contribution in [0.4, 0.5) is 0 Å². The Kier molecular flexibility index (Phi) is 8.94. The smallest absolute Gasteiger partial charge is 0.326 e. The summed E-state index contributed by atoms with van der Waals surface area (Å²) < 4.78 is 0. The van der Waals surface area contributed by atoms with Crippen molar-refractivity contribution in [2.24, 2.45) is 5.73 Å². The van der Waals surface area contributed by atoms with Crippen molar-refractivity contribution in [2.45, 2.75) is 50.2 Å². The van der Waals surface area contributed by atoms with Crippen LogP contribution in [-0.2, 0) is 30.4 Å². The van der Waals surface area contributed by atoms with E-state index in [1.54, 1.807) is 0 Å². The molecule has 0 spiro atoms. The average Bonchev–Trinajstić information content (AvgIpc) is 3.42. The number of rotatable bonds is 12. The molecule has 13 nitrogen and oxygen atoms in total. The van der Waals surface area contributed by atoms with Crippen LogP contribution in [0.1, 0.15) is 31.4 Å². The van der Waals surface area contributed by atoms with Crippen molar-refractivity contribution in [1.82, 2.24) is 31.2 Å². The minimum Gasteiger partial charge on any atom is -0.480 e. The molecule has 3 unspecified atom stereocenters. The third-order valence-corrected chi connectivity index (χ3v) is 4.72. The van der Waals surface area contributed by atoms with Gasteiger partial charge in [-0.3, -0.25) is 19.2 Å². The van der Waals surface area contributed by atoms with Crippen LogP contribution in [0.15, 0.2) is 12.5 Å². The van der Waals surface area contributed by atoms with Crippen LogP contribution in [0, 0.1) is 0 Å². The highest BCUT2D eigenvalue weighted by Crippen LogP contribution is 2.06. The first kappa shape index (κ1) is 23.8. The monoisotopic (exact) mass is 437 g/mol. The van der Waals surface area contributed by atoms with Crippen molar-refractivity contribution < 1.29 is 29.1 Å². The molecule has 13 heteroatoms. The number of hydrogen-bond donors (Lipinski definition) is 7. The molecule has 0 aromatic carbocycles. The van der Waals surface area contributed by atoms with E-state index in [0.717, 1.165) is 6.42 Å². The summed E-state index contributed by atoms with van der Waals surface area (Å²) in [7, 11) is 0. The number of hydrogen-bond acceptors (Lipinski definition) is 7. The van der Waals surface area contributed by atoms with Crippen LogP contribution in [0.25, 0.3) is 0 Å².